The standard InChI is InChI=1S/C19H18N6/c1-2-4-13(5-3-1)16-11-19(25-18(22-16)8-9-21-25)20-12-15-10-17(24-23-15)14-6-7-14/h1-5,8-11,14,20H,6-7,12H2,(H,23,24). The molecule has 0 spiro atoms. The highest BCUT2D eigenvalue weighted by Gasteiger charge is 2.26. The van der Waals surface area contributed by atoms with E-state index >= 15 is 0 Å². The van der Waals surface area contributed by atoms with Crippen LogP contribution in [0.1, 0.15) is 30.1 Å². The molecule has 1 aliphatic carbocycles. The predicted molar refractivity (Wildman–Crippen MR) is 96.3 cm³/mol. The third-order valence-corrected chi connectivity index (χ3v) is 4.54. The molecule has 0 atom stereocenters. The second kappa shape index (κ2) is 5.73. The van der Waals surface area contributed by atoms with Crippen LogP contribution in [0, 0.1) is 0 Å². The Morgan fingerprint density at radius 2 is 2.00 bits per heavy atom. The fourth-order valence-electron chi connectivity index (χ4n) is 3.04. The van der Waals surface area contributed by atoms with Crippen molar-refractivity contribution >= 4 is 11.5 Å². The molecule has 6 heteroatoms. The van der Waals surface area contributed by atoms with E-state index in [1.54, 1.807) is 6.20 Å². The molecular weight excluding hydrogens is 312 g/mol. The number of nitrogens with one attached hydrogen (secondary N) is 2. The van der Waals surface area contributed by atoms with E-state index in [9.17, 15) is 0 Å². The molecule has 3 heterocycles. The summed E-state index contributed by atoms with van der Waals surface area (Å²) in [5.41, 5.74) is 5.11. The summed E-state index contributed by atoms with van der Waals surface area (Å²) < 4.78 is 1.82. The molecule has 6 nitrogen and oxygen atoms in total. The van der Waals surface area contributed by atoms with Crippen molar-refractivity contribution in [1.29, 1.82) is 0 Å². The van der Waals surface area contributed by atoms with Crippen LogP contribution >= 0.6 is 0 Å². The summed E-state index contributed by atoms with van der Waals surface area (Å²) in [4.78, 5) is 4.70. The molecule has 1 fully saturated rings. The van der Waals surface area contributed by atoms with Gasteiger partial charge in [0.1, 0.15) is 5.82 Å². The lowest BCUT2D eigenvalue weighted by atomic mass is 10.1. The summed E-state index contributed by atoms with van der Waals surface area (Å²) in [6.45, 7) is 0.674. The molecule has 0 aliphatic heterocycles. The van der Waals surface area contributed by atoms with E-state index in [0.717, 1.165) is 28.4 Å². The van der Waals surface area contributed by atoms with Gasteiger partial charge in [-0.15, -0.1) is 0 Å². The average Bonchev–Trinajstić information content (AvgIpc) is 3.20. The Labute approximate surface area is 144 Å². The SMILES string of the molecule is c1ccc(-c2cc(NCc3cc(C4CC4)n[nH]3)n3nccc3n2)cc1. The van der Waals surface area contributed by atoms with Gasteiger partial charge in [-0.05, 0) is 18.9 Å². The number of fused-ring (bicyclic) bond motifs is 1. The second-order valence-corrected chi connectivity index (χ2v) is 6.44. The van der Waals surface area contributed by atoms with Crippen molar-refractivity contribution in [3.63, 3.8) is 0 Å². The maximum Gasteiger partial charge on any atom is 0.157 e. The van der Waals surface area contributed by atoms with Crippen molar-refractivity contribution < 1.29 is 0 Å². The molecule has 4 aromatic rings. The first-order chi connectivity index (χ1) is 12.4. The van der Waals surface area contributed by atoms with Gasteiger partial charge in [-0.25, -0.2) is 4.98 Å². The van der Waals surface area contributed by atoms with Crippen LogP contribution in [0.25, 0.3) is 16.9 Å². The maximum absolute atomic E-state index is 4.70. The lowest BCUT2D eigenvalue weighted by molar-refractivity contribution is 0.903. The van der Waals surface area contributed by atoms with Crippen molar-refractivity contribution in [3.8, 4) is 11.3 Å². The van der Waals surface area contributed by atoms with Crippen LogP contribution in [0.2, 0.25) is 0 Å². The Morgan fingerprint density at radius 3 is 2.84 bits per heavy atom. The second-order valence-electron chi connectivity index (χ2n) is 6.44. The van der Waals surface area contributed by atoms with E-state index < -0.39 is 0 Å². The summed E-state index contributed by atoms with van der Waals surface area (Å²) in [6.07, 6.45) is 4.29. The van der Waals surface area contributed by atoms with E-state index in [4.69, 9.17) is 4.98 Å². The van der Waals surface area contributed by atoms with Gasteiger partial charge in [0.2, 0.25) is 0 Å². The largest absolute Gasteiger partial charge is 0.364 e. The van der Waals surface area contributed by atoms with Crippen LogP contribution in [0.3, 0.4) is 0 Å². The Balaban J connectivity index is 1.45. The number of aromatic nitrogens is 5. The van der Waals surface area contributed by atoms with Crippen molar-refractivity contribution in [2.75, 3.05) is 5.32 Å². The number of aromatic amines is 1. The van der Waals surface area contributed by atoms with Gasteiger partial charge in [-0.2, -0.15) is 14.7 Å². The van der Waals surface area contributed by atoms with Gasteiger partial charge in [0, 0.05) is 23.6 Å². The number of H-pyrrole nitrogens is 1. The monoisotopic (exact) mass is 330 g/mol. The normalized spacial score (nSPS) is 14.1. The molecule has 1 aliphatic rings. The average molecular weight is 330 g/mol. The predicted octanol–water partition coefficient (Wildman–Crippen LogP) is 3.61. The molecule has 1 saturated carbocycles. The molecule has 0 saturated heterocycles. The number of hydrogen-bond acceptors (Lipinski definition) is 4. The Kier molecular flexibility index (Phi) is 3.26. The Hall–Kier alpha value is -3.15. The number of benzene rings is 1. The minimum Gasteiger partial charge on any atom is -0.364 e. The van der Waals surface area contributed by atoms with Crippen LogP contribution in [-0.4, -0.2) is 24.8 Å². The van der Waals surface area contributed by atoms with E-state index in [-0.39, 0.29) is 0 Å². The first kappa shape index (κ1) is 14.2. The highest BCUT2D eigenvalue weighted by atomic mass is 15.3. The minimum atomic E-state index is 0.661. The van der Waals surface area contributed by atoms with E-state index in [1.165, 1.54) is 18.5 Å². The third kappa shape index (κ3) is 2.76. The first-order valence-electron chi connectivity index (χ1n) is 8.55. The zero-order valence-electron chi connectivity index (χ0n) is 13.7. The number of rotatable bonds is 5. The maximum atomic E-state index is 4.70. The van der Waals surface area contributed by atoms with E-state index in [0.29, 0.717) is 12.5 Å². The zero-order chi connectivity index (χ0) is 16.6. The highest BCUT2D eigenvalue weighted by molar-refractivity contribution is 5.66. The van der Waals surface area contributed by atoms with Gasteiger partial charge in [-0.1, -0.05) is 30.3 Å². The molecule has 0 unspecified atom stereocenters. The fraction of sp³-hybridized carbons (Fsp3) is 0.211. The van der Waals surface area contributed by atoms with E-state index in [1.807, 2.05) is 34.8 Å². The topological polar surface area (TPSA) is 70.9 Å². The van der Waals surface area contributed by atoms with Gasteiger partial charge in [0.05, 0.1) is 29.8 Å². The lowest BCUT2D eigenvalue weighted by Crippen LogP contribution is -2.07. The summed E-state index contributed by atoms with van der Waals surface area (Å²) in [5, 5.41) is 15.4. The fourth-order valence-corrected chi connectivity index (χ4v) is 3.04. The van der Waals surface area contributed by atoms with Crippen molar-refractivity contribution in [1.82, 2.24) is 24.8 Å². The zero-order valence-corrected chi connectivity index (χ0v) is 13.7. The summed E-state index contributed by atoms with van der Waals surface area (Å²) in [7, 11) is 0. The Bertz CT molecular complexity index is 1010. The molecular formula is C19H18N6. The molecule has 5 rings (SSSR count). The minimum absolute atomic E-state index is 0.661. The van der Waals surface area contributed by atoms with Gasteiger partial charge in [0.15, 0.2) is 5.65 Å². The molecule has 3 aromatic heterocycles. The quantitative estimate of drug-likeness (QED) is 0.586. The Morgan fingerprint density at radius 1 is 1.12 bits per heavy atom. The molecule has 0 radical (unpaired) electrons. The summed E-state index contributed by atoms with van der Waals surface area (Å²) in [6, 6.07) is 16.3. The molecule has 1 aromatic carbocycles. The number of hydrogen-bond donors (Lipinski definition) is 2. The molecule has 0 bridgehead atoms. The summed E-state index contributed by atoms with van der Waals surface area (Å²) >= 11 is 0. The van der Waals surface area contributed by atoms with Gasteiger partial charge in [-0.3, -0.25) is 5.10 Å². The van der Waals surface area contributed by atoms with Crippen LogP contribution in [0.15, 0.2) is 54.7 Å². The van der Waals surface area contributed by atoms with Gasteiger partial charge in [0.25, 0.3) is 0 Å². The number of anilines is 1. The first-order valence-corrected chi connectivity index (χ1v) is 8.55. The highest BCUT2D eigenvalue weighted by Crippen LogP contribution is 2.39. The van der Waals surface area contributed by atoms with Gasteiger partial charge < -0.3 is 5.32 Å². The molecule has 25 heavy (non-hydrogen) atoms. The van der Waals surface area contributed by atoms with Crippen LogP contribution in [0.4, 0.5) is 5.82 Å². The molecule has 124 valence electrons. The molecule has 0 amide bonds. The van der Waals surface area contributed by atoms with Crippen LogP contribution < -0.4 is 5.32 Å². The summed E-state index contributed by atoms with van der Waals surface area (Å²) in [5.74, 6) is 1.57. The van der Waals surface area contributed by atoms with Crippen molar-refractivity contribution in [3.05, 3.63) is 66.1 Å². The van der Waals surface area contributed by atoms with Crippen LogP contribution in [-0.2, 0) is 6.54 Å². The van der Waals surface area contributed by atoms with E-state index in [2.05, 4.69) is 38.8 Å². The van der Waals surface area contributed by atoms with Crippen molar-refractivity contribution in [2.45, 2.75) is 25.3 Å². The van der Waals surface area contributed by atoms with Crippen LogP contribution in [0.5, 0.6) is 0 Å². The third-order valence-electron chi connectivity index (χ3n) is 4.54. The molecule has 2 N–H and O–H groups in total. The van der Waals surface area contributed by atoms with Gasteiger partial charge >= 0.3 is 0 Å². The number of nitrogens with zero attached hydrogens (tertiary/aromatic N) is 4. The van der Waals surface area contributed by atoms with Crippen molar-refractivity contribution in [2.24, 2.45) is 0 Å². The smallest absolute Gasteiger partial charge is 0.157 e. The lowest BCUT2D eigenvalue weighted by Gasteiger charge is -2.10.